The number of ether oxygens (including phenoxy) is 1. The van der Waals surface area contributed by atoms with Crippen molar-refractivity contribution in [1.82, 2.24) is 5.32 Å². The van der Waals surface area contributed by atoms with Crippen LogP contribution in [0.2, 0.25) is 0 Å². The third-order valence-electron chi connectivity index (χ3n) is 3.45. The molecule has 0 amide bonds. The summed E-state index contributed by atoms with van der Waals surface area (Å²) in [6.45, 7) is 2.73. The molecule has 1 N–H and O–H groups in total. The normalized spacial score (nSPS) is 12.8. The maximum Gasteiger partial charge on any atom is 0.441 e. The van der Waals surface area contributed by atoms with Gasteiger partial charge in [-0.2, -0.15) is 13.2 Å². The zero-order valence-corrected chi connectivity index (χ0v) is 14.2. The van der Waals surface area contributed by atoms with E-state index in [-0.39, 0.29) is 23.6 Å². The molecular formula is C18H20F3NOS. The first-order valence-electron chi connectivity index (χ1n) is 7.65. The van der Waals surface area contributed by atoms with E-state index in [9.17, 15) is 13.2 Å². The van der Waals surface area contributed by atoms with E-state index >= 15 is 0 Å². The molecule has 130 valence electrons. The van der Waals surface area contributed by atoms with Gasteiger partial charge in [-0.1, -0.05) is 42.5 Å². The van der Waals surface area contributed by atoms with Crippen LogP contribution < -0.4 is 10.1 Å². The molecule has 1 unspecified atom stereocenters. The summed E-state index contributed by atoms with van der Waals surface area (Å²) < 4.78 is 41.9. The maximum absolute atomic E-state index is 12.1. The van der Waals surface area contributed by atoms with Gasteiger partial charge in [-0.3, -0.25) is 0 Å². The van der Waals surface area contributed by atoms with Crippen molar-refractivity contribution in [3.05, 3.63) is 65.7 Å². The van der Waals surface area contributed by atoms with E-state index in [1.807, 2.05) is 61.5 Å². The molecule has 0 radical (unpaired) electrons. The van der Waals surface area contributed by atoms with Gasteiger partial charge >= 0.3 is 5.51 Å². The van der Waals surface area contributed by atoms with Gasteiger partial charge in [0.25, 0.3) is 0 Å². The van der Waals surface area contributed by atoms with E-state index in [0.29, 0.717) is 13.2 Å². The first-order valence-corrected chi connectivity index (χ1v) is 8.63. The maximum atomic E-state index is 12.1. The van der Waals surface area contributed by atoms with E-state index in [4.69, 9.17) is 4.74 Å². The third-order valence-corrected chi connectivity index (χ3v) is 4.18. The summed E-state index contributed by atoms with van der Waals surface area (Å²) >= 11 is -0.00481. The van der Waals surface area contributed by atoms with Crippen LogP contribution in [0, 0.1) is 0 Å². The number of hydrogen-bond donors (Lipinski definition) is 1. The fourth-order valence-electron chi connectivity index (χ4n) is 2.15. The Kier molecular flexibility index (Phi) is 6.99. The van der Waals surface area contributed by atoms with Gasteiger partial charge in [-0.25, -0.2) is 0 Å². The van der Waals surface area contributed by atoms with Gasteiger partial charge in [0.15, 0.2) is 0 Å². The number of rotatable bonds is 8. The highest BCUT2D eigenvalue weighted by Crippen LogP contribution is 2.29. The lowest BCUT2D eigenvalue weighted by atomic mass is 10.1. The van der Waals surface area contributed by atoms with E-state index in [0.717, 1.165) is 16.9 Å². The van der Waals surface area contributed by atoms with Crippen molar-refractivity contribution in [2.45, 2.75) is 25.1 Å². The predicted molar refractivity (Wildman–Crippen MR) is 92.1 cm³/mol. The Morgan fingerprint density at radius 1 is 1.04 bits per heavy atom. The van der Waals surface area contributed by atoms with Gasteiger partial charge in [0.1, 0.15) is 12.4 Å². The zero-order valence-electron chi connectivity index (χ0n) is 13.3. The molecule has 6 heteroatoms. The van der Waals surface area contributed by atoms with Crippen molar-refractivity contribution in [1.29, 1.82) is 0 Å². The highest BCUT2D eigenvalue weighted by Gasteiger charge is 2.27. The Hall–Kier alpha value is -1.66. The van der Waals surface area contributed by atoms with Gasteiger partial charge < -0.3 is 10.1 Å². The van der Waals surface area contributed by atoms with Crippen molar-refractivity contribution in [3.8, 4) is 5.75 Å². The number of nitrogens with one attached hydrogen (secondary N) is 1. The Morgan fingerprint density at radius 3 is 2.33 bits per heavy atom. The standard InChI is InChI=1S/C18H20F3NOS/c1-14(22-11-12-24-18(19,20)21)16-7-9-17(10-8-16)23-13-15-5-3-2-4-6-15/h2-10,14,22H,11-13H2,1H3. The van der Waals surface area contributed by atoms with Gasteiger partial charge in [0.2, 0.25) is 0 Å². The predicted octanol–water partition coefficient (Wildman–Crippen LogP) is 5.17. The number of hydrogen-bond acceptors (Lipinski definition) is 3. The monoisotopic (exact) mass is 355 g/mol. The molecule has 0 saturated heterocycles. The lowest BCUT2D eigenvalue weighted by Crippen LogP contribution is -2.22. The van der Waals surface area contributed by atoms with Crippen LogP contribution in [0.3, 0.4) is 0 Å². The number of halogens is 3. The molecule has 0 fully saturated rings. The van der Waals surface area contributed by atoms with Crippen molar-refractivity contribution in [2.75, 3.05) is 12.3 Å². The molecular weight excluding hydrogens is 335 g/mol. The summed E-state index contributed by atoms with van der Waals surface area (Å²) in [5.74, 6) is 0.772. The van der Waals surface area contributed by atoms with Crippen molar-refractivity contribution in [2.24, 2.45) is 0 Å². The van der Waals surface area contributed by atoms with Crippen LogP contribution in [0.5, 0.6) is 5.75 Å². The average Bonchev–Trinajstić information content (AvgIpc) is 2.57. The molecule has 0 bridgehead atoms. The fraction of sp³-hybridized carbons (Fsp3) is 0.333. The molecule has 24 heavy (non-hydrogen) atoms. The van der Waals surface area contributed by atoms with Crippen LogP contribution in [0.25, 0.3) is 0 Å². The topological polar surface area (TPSA) is 21.3 Å². The van der Waals surface area contributed by atoms with Crippen LogP contribution in [-0.4, -0.2) is 17.8 Å². The van der Waals surface area contributed by atoms with E-state index in [2.05, 4.69) is 5.32 Å². The summed E-state index contributed by atoms with van der Waals surface area (Å²) in [6.07, 6.45) is 0. The van der Waals surface area contributed by atoms with Gasteiger partial charge in [-0.15, -0.1) is 0 Å². The Balaban J connectivity index is 1.76. The first kappa shape index (κ1) is 18.7. The summed E-state index contributed by atoms with van der Waals surface area (Å²) in [5, 5.41) is 3.09. The summed E-state index contributed by atoms with van der Waals surface area (Å²) in [4.78, 5) is 0. The minimum atomic E-state index is -4.16. The van der Waals surface area contributed by atoms with Crippen molar-refractivity contribution in [3.63, 3.8) is 0 Å². The first-order chi connectivity index (χ1) is 11.4. The fourth-order valence-corrected chi connectivity index (χ4v) is 2.61. The van der Waals surface area contributed by atoms with Gasteiger partial charge in [0, 0.05) is 18.3 Å². The van der Waals surface area contributed by atoms with Crippen molar-refractivity contribution < 1.29 is 17.9 Å². The average molecular weight is 355 g/mol. The molecule has 0 aliphatic heterocycles. The van der Waals surface area contributed by atoms with Gasteiger partial charge in [-0.05, 0) is 41.9 Å². The summed E-state index contributed by atoms with van der Waals surface area (Å²) in [5.41, 5.74) is -2.05. The number of benzene rings is 2. The van der Waals surface area contributed by atoms with Crippen LogP contribution in [0.15, 0.2) is 54.6 Å². The quantitative estimate of drug-likeness (QED) is 0.660. The van der Waals surface area contributed by atoms with Gasteiger partial charge in [0.05, 0.1) is 0 Å². The molecule has 2 aromatic carbocycles. The van der Waals surface area contributed by atoms with Crippen LogP contribution >= 0.6 is 11.8 Å². The SMILES string of the molecule is CC(NCCSC(F)(F)F)c1ccc(OCc2ccccc2)cc1. The largest absolute Gasteiger partial charge is 0.489 e. The minimum Gasteiger partial charge on any atom is -0.489 e. The Morgan fingerprint density at radius 2 is 1.71 bits per heavy atom. The molecule has 2 nitrogen and oxygen atoms in total. The zero-order chi connectivity index (χ0) is 17.4. The molecule has 2 rings (SSSR count). The van der Waals surface area contributed by atoms with Crippen LogP contribution in [-0.2, 0) is 6.61 Å². The molecule has 2 aromatic rings. The van der Waals surface area contributed by atoms with E-state index < -0.39 is 5.51 Å². The molecule has 0 aliphatic rings. The molecule has 0 aliphatic carbocycles. The molecule has 0 spiro atoms. The highest BCUT2D eigenvalue weighted by atomic mass is 32.2. The molecule has 0 saturated carbocycles. The van der Waals surface area contributed by atoms with E-state index in [1.165, 1.54) is 0 Å². The second kappa shape index (κ2) is 8.99. The summed E-state index contributed by atoms with van der Waals surface area (Å²) in [6, 6.07) is 17.5. The Labute approximate surface area is 144 Å². The molecule has 1 atom stereocenters. The highest BCUT2D eigenvalue weighted by molar-refractivity contribution is 8.00. The second-order valence-corrected chi connectivity index (χ2v) is 6.47. The Bertz CT molecular complexity index is 602. The summed E-state index contributed by atoms with van der Waals surface area (Å²) in [7, 11) is 0. The lowest BCUT2D eigenvalue weighted by Gasteiger charge is -2.15. The second-order valence-electron chi connectivity index (χ2n) is 5.31. The third kappa shape index (κ3) is 6.84. The van der Waals surface area contributed by atoms with Crippen LogP contribution in [0.4, 0.5) is 13.2 Å². The number of thioether (sulfide) groups is 1. The smallest absolute Gasteiger partial charge is 0.441 e. The van der Waals surface area contributed by atoms with Crippen molar-refractivity contribution >= 4 is 11.8 Å². The van der Waals surface area contributed by atoms with Crippen LogP contribution in [0.1, 0.15) is 24.1 Å². The minimum absolute atomic E-state index is 0.00481. The molecule has 0 aromatic heterocycles. The van der Waals surface area contributed by atoms with E-state index in [1.54, 1.807) is 0 Å². The lowest BCUT2D eigenvalue weighted by molar-refractivity contribution is -0.0327. The number of alkyl halides is 3. The molecule has 0 heterocycles.